The van der Waals surface area contributed by atoms with E-state index < -0.39 is 11.7 Å². The summed E-state index contributed by atoms with van der Waals surface area (Å²) in [7, 11) is 0. The van der Waals surface area contributed by atoms with Gasteiger partial charge in [0.2, 0.25) is 0 Å². The lowest BCUT2D eigenvalue weighted by molar-refractivity contribution is 0.102. The van der Waals surface area contributed by atoms with Gasteiger partial charge in [-0.1, -0.05) is 0 Å². The van der Waals surface area contributed by atoms with Gasteiger partial charge in [0.25, 0.3) is 11.5 Å². The van der Waals surface area contributed by atoms with Gasteiger partial charge >= 0.3 is 0 Å². The number of rotatable bonds is 4. The van der Waals surface area contributed by atoms with Crippen LogP contribution in [0.1, 0.15) is 17.3 Å². The summed E-state index contributed by atoms with van der Waals surface area (Å²) < 4.78 is 17.4. The van der Waals surface area contributed by atoms with E-state index in [0.717, 1.165) is 0 Å². The Labute approximate surface area is 168 Å². The molecule has 2 aromatic carbocycles. The van der Waals surface area contributed by atoms with E-state index in [4.69, 9.17) is 12.2 Å². The van der Waals surface area contributed by atoms with Gasteiger partial charge in [-0.25, -0.2) is 14.1 Å². The van der Waals surface area contributed by atoms with Crippen molar-refractivity contribution in [1.29, 1.82) is 0 Å². The Balaban J connectivity index is 1.63. The van der Waals surface area contributed by atoms with Crippen molar-refractivity contribution in [2.75, 3.05) is 5.32 Å². The first kappa shape index (κ1) is 18.7. The average Bonchev–Trinajstić information content (AvgIpc) is 3.22. The van der Waals surface area contributed by atoms with Crippen molar-refractivity contribution in [2.24, 2.45) is 0 Å². The van der Waals surface area contributed by atoms with Crippen LogP contribution >= 0.6 is 12.2 Å². The van der Waals surface area contributed by atoms with Crippen LogP contribution in [0, 0.1) is 10.6 Å². The molecule has 10 heteroatoms. The van der Waals surface area contributed by atoms with Gasteiger partial charge in [0.1, 0.15) is 18.3 Å². The van der Waals surface area contributed by atoms with Crippen LogP contribution in [-0.4, -0.2) is 30.2 Å². The minimum Gasteiger partial charge on any atom is -0.332 e. The fraction of sp³-hybridized carbons (Fsp3) is 0.105. The van der Waals surface area contributed by atoms with Crippen molar-refractivity contribution in [3.05, 3.63) is 75.6 Å². The van der Waals surface area contributed by atoms with Crippen LogP contribution < -0.4 is 10.9 Å². The molecule has 0 saturated carbocycles. The third-order valence-electron chi connectivity index (χ3n) is 4.43. The summed E-state index contributed by atoms with van der Waals surface area (Å²) in [6.07, 6.45) is 2.68. The summed E-state index contributed by atoms with van der Waals surface area (Å²) in [5.74, 6) is -1.00. The average molecular weight is 410 g/mol. The number of hydrogen-bond acceptors (Lipinski definition) is 5. The van der Waals surface area contributed by atoms with Crippen molar-refractivity contribution in [3.8, 4) is 5.69 Å². The first-order valence-electron chi connectivity index (χ1n) is 8.70. The lowest BCUT2D eigenvalue weighted by Crippen LogP contribution is -2.21. The van der Waals surface area contributed by atoms with Gasteiger partial charge in [-0.15, -0.1) is 0 Å². The Hall–Kier alpha value is -3.66. The zero-order chi connectivity index (χ0) is 20.5. The second-order valence-electron chi connectivity index (χ2n) is 6.20. The van der Waals surface area contributed by atoms with Crippen molar-refractivity contribution in [3.63, 3.8) is 0 Å². The maximum atomic E-state index is 14.3. The molecule has 8 nitrogen and oxygen atoms in total. The Morgan fingerprint density at radius 3 is 2.79 bits per heavy atom. The SMILES string of the molecule is CCn1c(=S)[nH]c2cc(C(=O)Nc3ccc(-n4cncn4)c(F)c3)ccc2c1=O. The van der Waals surface area contributed by atoms with Crippen molar-refractivity contribution >= 4 is 34.7 Å². The lowest BCUT2D eigenvalue weighted by atomic mass is 10.1. The summed E-state index contributed by atoms with van der Waals surface area (Å²) >= 11 is 5.19. The maximum absolute atomic E-state index is 14.3. The molecule has 0 fully saturated rings. The molecule has 4 aromatic rings. The number of fused-ring (bicyclic) bond motifs is 1. The van der Waals surface area contributed by atoms with Gasteiger partial charge in [0, 0.05) is 17.8 Å². The van der Waals surface area contributed by atoms with E-state index in [2.05, 4.69) is 20.4 Å². The molecule has 29 heavy (non-hydrogen) atoms. The Bertz CT molecular complexity index is 1340. The van der Waals surface area contributed by atoms with Crippen LogP contribution in [-0.2, 0) is 6.54 Å². The second kappa shape index (κ2) is 7.40. The molecular weight excluding hydrogens is 395 g/mol. The van der Waals surface area contributed by atoms with Crippen LogP contribution in [0.2, 0.25) is 0 Å². The number of nitrogens with one attached hydrogen (secondary N) is 2. The highest BCUT2D eigenvalue weighted by Gasteiger charge is 2.12. The van der Waals surface area contributed by atoms with Gasteiger partial charge in [-0.3, -0.25) is 14.2 Å². The predicted octanol–water partition coefficient (Wildman–Crippen LogP) is 3.05. The van der Waals surface area contributed by atoms with Crippen LogP contribution in [0.25, 0.3) is 16.6 Å². The third-order valence-corrected chi connectivity index (χ3v) is 4.75. The van der Waals surface area contributed by atoms with E-state index in [1.807, 2.05) is 6.92 Å². The van der Waals surface area contributed by atoms with E-state index in [9.17, 15) is 14.0 Å². The maximum Gasteiger partial charge on any atom is 0.262 e. The number of amides is 1. The molecule has 0 aliphatic heterocycles. The van der Waals surface area contributed by atoms with Gasteiger partial charge in [0.05, 0.1) is 10.9 Å². The smallest absolute Gasteiger partial charge is 0.262 e. The fourth-order valence-electron chi connectivity index (χ4n) is 2.99. The summed E-state index contributed by atoms with van der Waals surface area (Å²) in [4.78, 5) is 31.8. The monoisotopic (exact) mass is 410 g/mol. The number of anilines is 1. The van der Waals surface area contributed by atoms with Gasteiger partial charge in [-0.2, -0.15) is 5.10 Å². The molecule has 1 amide bonds. The quantitative estimate of drug-likeness (QED) is 0.504. The van der Waals surface area contributed by atoms with E-state index in [1.165, 1.54) is 40.1 Å². The van der Waals surface area contributed by atoms with E-state index in [1.54, 1.807) is 18.2 Å². The molecule has 0 aliphatic rings. The predicted molar refractivity (Wildman–Crippen MR) is 108 cm³/mol. The normalized spacial score (nSPS) is 11.0. The number of nitrogens with zero attached hydrogens (tertiary/aromatic N) is 4. The minimum absolute atomic E-state index is 0.214. The number of halogens is 1. The molecule has 0 aliphatic carbocycles. The highest BCUT2D eigenvalue weighted by atomic mass is 32.1. The van der Waals surface area contributed by atoms with E-state index in [0.29, 0.717) is 23.0 Å². The number of H-pyrrole nitrogens is 1. The molecule has 0 atom stereocenters. The number of aromatic nitrogens is 5. The summed E-state index contributed by atoms with van der Waals surface area (Å²) in [6.45, 7) is 2.27. The largest absolute Gasteiger partial charge is 0.332 e. The van der Waals surface area contributed by atoms with Gasteiger partial charge in [-0.05, 0) is 55.5 Å². The molecule has 0 saturated heterocycles. The zero-order valence-electron chi connectivity index (χ0n) is 15.2. The molecular formula is C19H15FN6O2S. The number of hydrogen-bond donors (Lipinski definition) is 2. The van der Waals surface area contributed by atoms with Gasteiger partial charge in [0.15, 0.2) is 10.6 Å². The minimum atomic E-state index is -0.559. The first-order valence-corrected chi connectivity index (χ1v) is 9.11. The zero-order valence-corrected chi connectivity index (χ0v) is 16.0. The Kier molecular flexibility index (Phi) is 4.77. The topological polar surface area (TPSA) is 97.6 Å². The number of benzene rings is 2. The van der Waals surface area contributed by atoms with E-state index >= 15 is 0 Å². The second-order valence-corrected chi connectivity index (χ2v) is 6.59. The lowest BCUT2D eigenvalue weighted by Gasteiger charge is -2.09. The summed E-state index contributed by atoms with van der Waals surface area (Å²) in [5.41, 5.74) is 1.04. The van der Waals surface area contributed by atoms with Crippen LogP contribution in [0.4, 0.5) is 10.1 Å². The number of carbonyl (C=O) groups is 1. The third kappa shape index (κ3) is 3.45. The molecule has 0 spiro atoms. The Morgan fingerprint density at radius 2 is 2.10 bits per heavy atom. The molecule has 2 heterocycles. The summed E-state index contributed by atoms with van der Waals surface area (Å²) in [5, 5.41) is 6.95. The molecule has 2 N–H and O–H groups in total. The first-order chi connectivity index (χ1) is 14.0. The highest BCUT2D eigenvalue weighted by Crippen LogP contribution is 2.19. The van der Waals surface area contributed by atoms with Crippen molar-refractivity contribution in [2.45, 2.75) is 13.5 Å². The standard InChI is InChI=1S/C19H15FN6O2S/c1-2-25-18(28)13-5-3-11(7-15(13)24-19(25)29)17(27)23-12-4-6-16(14(20)8-12)26-10-21-9-22-26/h3-10H,2H2,1H3,(H,23,27)(H,24,29). The molecule has 4 rings (SSSR count). The van der Waals surface area contributed by atoms with Crippen LogP contribution in [0.3, 0.4) is 0 Å². The highest BCUT2D eigenvalue weighted by molar-refractivity contribution is 7.71. The van der Waals surface area contributed by atoms with Crippen LogP contribution in [0.5, 0.6) is 0 Å². The number of carbonyl (C=O) groups excluding carboxylic acids is 1. The van der Waals surface area contributed by atoms with Crippen molar-refractivity contribution < 1.29 is 9.18 Å². The molecule has 0 bridgehead atoms. The molecule has 0 unspecified atom stereocenters. The van der Waals surface area contributed by atoms with Crippen molar-refractivity contribution in [1.82, 2.24) is 24.3 Å². The molecule has 146 valence electrons. The molecule has 0 radical (unpaired) electrons. The fourth-order valence-corrected chi connectivity index (χ4v) is 3.31. The number of aromatic amines is 1. The summed E-state index contributed by atoms with van der Waals surface area (Å²) in [6, 6.07) is 8.90. The van der Waals surface area contributed by atoms with Crippen LogP contribution in [0.15, 0.2) is 53.8 Å². The van der Waals surface area contributed by atoms with Gasteiger partial charge < -0.3 is 10.3 Å². The Morgan fingerprint density at radius 1 is 1.28 bits per heavy atom. The molecule has 2 aromatic heterocycles. The van der Waals surface area contributed by atoms with E-state index in [-0.39, 0.29) is 21.7 Å².